The van der Waals surface area contributed by atoms with Crippen molar-refractivity contribution in [2.45, 2.75) is 38.6 Å². The Morgan fingerprint density at radius 2 is 2.17 bits per heavy atom. The molecule has 24 heavy (non-hydrogen) atoms. The Hall–Kier alpha value is -1.69. The van der Waals surface area contributed by atoms with Gasteiger partial charge in [0, 0.05) is 38.6 Å². The summed E-state index contributed by atoms with van der Waals surface area (Å²) in [5, 5.41) is 3.26. The van der Waals surface area contributed by atoms with E-state index in [1.807, 2.05) is 6.07 Å². The normalized spacial score (nSPS) is 30.2. The van der Waals surface area contributed by atoms with Crippen molar-refractivity contribution in [2.75, 3.05) is 37.6 Å². The van der Waals surface area contributed by atoms with E-state index in [4.69, 9.17) is 0 Å². The Balaban J connectivity index is 1.60. The maximum Gasteiger partial charge on any atom is 0.229 e. The third kappa shape index (κ3) is 2.77. The highest BCUT2D eigenvalue weighted by Crippen LogP contribution is 2.43. The number of anilines is 1. The summed E-state index contributed by atoms with van der Waals surface area (Å²) in [7, 11) is 0. The molecule has 0 bridgehead atoms. The number of likely N-dealkylation sites (N-methyl/N-ethyl adjacent to an activating group) is 1. The topological polar surface area (TPSA) is 61.4 Å². The maximum atomic E-state index is 13.2. The fourth-order valence-electron chi connectivity index (χ4n) is 4.34. The minimum Gasteiger partial charge on any atom is -0.355 e. The Morgan fingerprint density at radius 1 is 1.38 bits per heavy atom. The summed E-state index contributed by atoms with van der Waals surface area (Å²) in [6, 6.07) is 2.02. The number of carbonyl (C=O) groups is 1. The molecule has 0 spiro atoms. The van der Waals surface area contributed by atoms with E-state index in [9.17, 15) is 4.79 Å². The molecule has 0 aromatic carbocycles. The van der Waals surface area contributed by atoms with Crippen molar-refractivity contribution in [1.29, 1.82) is 0 Å². The zero-order valence-corrected chi connectivity index (χ0v) is 14.4. The molecule has 1 aliphatic carbocycles. The predicted octanol–water partition coefficient (Wildman–Crippen LogP) is 1.29. The summed E-state index contributed by atoms with van der Waals surface area (Å²) in [5.41, 5.74) is -0.317. The molecule has 6 heteroatoms. The molecule has 2 aliphatic heterocycles. The summed E-state index contributed by atoms with van der Waals surface area (Å²) >= 11 is 0. The van der Waals surface area contributed by atoms with Crippen molar-refractivity contribution in [3.63, 3.8) is 0 Å². The average molecular weight is 329 g/mol. The maximum absolute atomic E-state index is 13.2. The number of piperidine rings is 1. The van der Waals surface area contributed by atoms with Gasteiger partial charge in [0.15, 0.2) is 0 Å². The lowest BCUT2D eigenvalue weighted by Crippen LogP contribution is -2.59. The highest BCUT2D eigenvalue weighted by Gasteiger charge is 2.56. The van der Waals surface area contributed by atoms with Crippen LogP contribution in [-0.2, 0) is 4.79 Å². The first kappa shape index (κ1) is 15.8. The van der Waals surface area contributed by atoms with Gasteiger partial charge in [-0.25, -0.2) is 9.97 Å². The molecule has 3 fully saturated rings. The molecule has 0 radical (unpaired) electrons. The van der Waals surface area contributed by atoms with Crippen LogP contribution in [0.3, 0.4) is 0 Å². The van der Waals surface area contributed by atoms with Crippen LogP contribution < -0.4 is 10.2 Å². The zero-order chi connectivity index (χ0) is 16.6. The Labute approximate surface area is 143 Å². The molecule has 1 aromatic heterocycles. The van der Waals surface area contributed by atoms with Gasteiger partial charge in [0.2, 0.25) is 11.9 Å². The molecule has 3 aliphatic rings. The lowest BCUT2D eigenvalue weighted by atomic mass is 9.74. The lowest BCUT2D eigenvalue weighted by Gasteiger charge is -2.44. The number of aromatic nitrogens is 2. The standard InChI is InChI=1S/C18H27N5O/c1-2-22-12-15-18(13-22,16(24)21-11-14-5-6-14)7-3-10-23(15)17-19-8-4-9-20-17/h4,8-9,14-15H,2-3,5-7,10-13H2,1H3,(H,21,24)/t15-,18+/m0/s1. The van der Waals surface area contributed by atoms with Crippen molar-refractivity contribution >= 4 is 11.9 Å². The van der Waals surface area contributed by atoms with E-state index in [1.54, 1.807) is 12.4 Å². The first-order valence-corrected chi connectivity index (χ1v) is 9.27. The van der Waals surface area contributed by atoms with E-state index >= 15 is 0 Å². The molecule has 1 N–H and O–H groups in total. The van der Waals surface area contributed by atoms with E-state index in [-0.39, 0.29) is 17.4 Å². The highest BCUT2D eigenvalue weighted by molar-refractivity contribution is 5.85. The summed E-state index contributed by atoms with van der Waals surface area (Å²) < 4.78 is 0. The number of hydrogen-bond acceptors (Lipinski definition) is 5. The van der Waals surface area contributed by atoms with Gasteiger partial charge < -0.3 is 15.1 Å². The molecule has 6 nitrogen and oxygen atoms in total. The molecular weight excluding hydrogens is 302 g/mol. The number of nitrogens with zero attached hydrogens (tertiary/aromatic N) is 4. The van der Waals surface area contributed by atoms with Crippen molar-refractivity contribution in [2.24, 2.45) is 11.3 Å². The van der Waals surface area contributed by atoms with Gasteiger partial charge in [0.25, 0.3) is 0 Å². The predicted molar refractivity (Wildman–Crippen MR) is 92.7 cm³/mol. The van der Waals surface area contributed by atoms with Crippen LogP contribution >= 0.6 is 0 Å². The summed E-state index contributed by atoms with van der Waals surface area (Å²) in [6.07, 6.45) is 8.09. The fraction of sp³-hybridized carbons (Fsp3) is 0.722. The molecule has 1 aromatic rings. The molecule has 4 rings (SSSR count). The lowest BCUT2D eigenvalue weighted by molar-refractivity contribution is -0.132. The fourth-order valence-corrected chi connectivity index (χ4v) is 4.34. The molecule has 2 saturated heterocycles. The number of carbonyl (C=O) groups excluding carboxylic acids is 1. The number of hydrogen-bond donors (Lipinski definition) is 1. The SMILES string of the molecule is CCN1C[C@@H]2N(c3ncccn3)CCC[C@@]2(C(=O)NCC2CC2)C1. The molecule has 3 heterocycles. The number of fused-ring (bicyclic) bond motifs is 1. The van der Waals surface area contributed by atoms with E-state index < -0.39 is 0 Å². The average Bonchev–Trinajstić information content (AvgIpc) is 3.37. The van der Waals surface area contributed by atoms with Gasteiger partial charge in [0.1, 0.15) is 0 Å². The van der Waals surface area contributed by atoms with Gasteiger partial charge in [0.05, 0.1) is 11.5 Å². The van der Waals surface area contributed by atoms with Gasteiger partial charge in [-0.05, 0) is 44.2 Å². The van der Waals surface area contributed by atoms with Crippen LogP contribution in [0, 0.1) is 11.3 Å². The van der Waals surface area contributed by atoms with E-state index in [0.717, 1.165) is 51.5 Å². The van der Waals surface area contributed by atoms with Gasteiger partial charge in [-0.15, -0.1) is 0 Å². The van der Waals surface area contributed by atoms with Gasteiger partial charge in [-0.2, -0.15) is 0 Å². The van der Waals surface area contributed by atoms with Crippen molar-refractivity contribution < 1.29 is 4.79 Å². The third-order valence-corrected chi connectivity index (χ3v) is 5.93. The smallest absolute Gasteiger partial charge is 0.229 e. The second kappa shape index (κ2) is 6.31. The summed E-state index contributed by atoms with van der Waals surface area (Å²) in [6.45, 7) is 6.72. The minimum absolute atomic E-state index is 0.174. The Kier molecular flexibility index (Phi) is 4.16. The van der Waals surface area contributed by atoms with Crippen LogP contribution in [-0.4, -0.2) is 59.5 Å². The van der Waals surface area contributed by atoms with E-state index in [0.29, 0.717) is 5.92 Å². The molecule has 0 unspecified atom stereocenters. The first-order chi connectivity index (χ1) is 11.7. The Bertz CT molecular complexity index is 590. The van der Waals surface area contributed by atoms with Gasteiger partial charge >= 0.3 is 0 Å². The van der Waals surface area contributed by atoms with E-state index in [1.165, 1.54) is 12.8 Å². The van der Waals surface area contributed by atoms with Crippen LogP contribution in [0.25, 0.3) is 0 Å². The molecule has 1 saturated carbocycles. The molecule has 130 valence electrons. The first-order valence-electron chi connectivity index (χ1n) is 9.27. The number of amides is 1. The number of nitrogens with one attached hydrogen (secondary N) is 1. The molecular formula is C18H27N5O. The monoisotopic (exact) mass is 329 g/mol. The summed E-state index contributed by atoms with van der Waals surface area (Å²) in [5.74, 6) is 1.72. The Morgan fingerprint density at radius 3 is 2.88 bits per heavy atom. The summed E-state index contributed by atoms with van der Waals surface area (Å²) in [4.78, 5) is 26.8. The molecule has 2 atom stereocenters. The zero-order valence-electron chi connectivity index (χ0n) is 14.4. The van der Waals surface area contributed by atoms with Crippen LogP contribution in [0.2, 0.25) is 0 Å². The molecule has 1 amide bonds. The quantitative estimate of drug-likeness (QED) is 0.882. The number of rotatable bonds is 5. The van der Waals surface area contributed by atoms with Crippen LogP contribution in [0.4, 0.5) is 5.95 Å². The van der Waals surface area contributed by atoms with Crippen LogP contribution in [0.5, 0.6) is 0 Å². The van der Waals surface area contributed by atoms with Gasteiger partial charge in [-0.1, -0.05) is 6.92 Å². The van der Waals surface area contributed by atoms with Crippen LogP contribution in [0.15, 0.2) is 18.5 Å². The minimum atomic E-state index is -0.317. The second-order valence-corrected chi connectivity index (χ2v) is 7.50. The largest absolute Gasteiger partial charge is 0.355 e. The third-order valence-electron chi connectivity index (χ3n) is 5.93. The van der Waals surface area contributed by atoms with Crippen molar-refractivity contribution in [3.8, 4) is 0 Å². The van der Waals surface area contributed by atoms with E-state index in [2.05, 4.69) is 32.0 Å². The van der Waals surface area contributed by atoms with Crippen LogP contribution in [0.1, 0.15) is 32.6 Å². The number of likely N-dealkylation sites (tertiary alicyclic amines) is 1. The van der Waals surface area contributed by atoms with Crippen molar-refractivity contribution in [1.82, 2.24) is 20.2 Å². The van der Waals surface area contributed by atoms with Gasteiger partial charge in [-0.3, -0.25) is 4.79 Å². The highest BCUT2D eigenvalue weighted by atomic mass is 16.2. The second-order valence-electron chi connectivity index (χ2n) is 7.50. The van der Waals surface area contributed by atoms with Crippen molar-refractivity contribution in [3.05, 3.63) is 18.5 Å².